The summed E-state index contributed by atoms with van der Waals surface area (Å²) in [5.41, 5.74) is 5.43. The Morgan fingerprint density at radius 1 is 1.27 bits per heavy atom. The average Bonchev–Trinajstić information content (AvgIpc) is 3.37. The van der Waals surface area contributed by atoms with Crippen LogP contribution in [-0.2, 0) is 16.0 Å². The maximum Gasteiger partial charge on any atom is 0.233 e. The number of hydrogen-bond acceptors (Lipinski definition) is 5. The minimum atomic E-state index is 0.0542. The molecule has 30 heavy (non-hydrogen) atoms. The smallest absolute Gasteiger partial charge is 0.233 e. The van der Waals surface area contributed by atoms with Crippen LogP contribution < -0.4 is 9.64 Å². The van der Waals surface area contributed by atoms with Crippen LogP contribution in [0.5, 0.6) is 5.75 Å². The third-order valence-corrected chi connectivity index (χ3v) is 6.74. The number of thiazole rings is 1. The number of hydrogen-bond donors (Lipinski definition) is 0. The van der Waals surface area contributed by atoms with Gasteiger partial charge in [0.1, 0.15) is 11.3 Å². The average molecular weight is 425 g/mol. The van der Waals surface area contributed by atoms with Crippen molar-refractivity contribution in [3.05, 3.63) is 52.6 Å². The lowest BCUT2D eigenvalue weighted by molar-refractivity contribution is -0.118. The van der Waals surface area contributed by atoms with Gasteiger partial charge in [0.25, 0.3) is 0 Å². The summed E-state index contributed by atoms with van der Waals surface area (Å²) in [5.74, 6) is 0.781. The third kappa shape index (κ3) is 4.20. The molecule has 1 aliphatic rings. The number of fused-ring (bicyclic) bond motifs is 1. The van der Waals surface area contributed by atoms with Crippen molar-refractivity contribution in [1.82, 2.24) is 4.98 Å². The normalized spacial score (nSPS) is 16.2. The Kier molecular flexibility index (Phi) is 6.06. The Balaban J connectivity index is 1.68. The van der Waals surface area contributed by atoms with E-state index in [-0.39, 0.29) is 12.0 Å². The quantitative estimate of drug-likeness (QED) is 0.560. The number of methoxy groups -OCH3 is 1. The van der Waals surface area contributed by atoms with Crippen LogP contribution in [0.4, 0.5) is 5.13 Å². The van der Waals surface area contributed by atoms with Crippen LogP contribution in [0.1, 0.15) is 35.1 Å². The molecule has 0 aliphatic carbocycles. The number of aromatic nitrogens is 1. The highest BCUT2D eigenvalue weighted by Gasteiger charge is 2.27. The summed E-state index contributed by atoms with van der Waals surface area (Å²) in [7, 11) is 1.64. The SMILES string of the molecule is COc1cccc2sc(N(CC3CCCO3)C(=O)Cc3c(C)cc(C)cc3C)nc12. The molecule has 5 nitrogen and oxygen atoms in total. The van der Waals surface area contributed by atoms with Crippen molar-refractivity contribution in [2.45, 2.75) is 46.1 Å². The number of benzene rings is 2. The Bertz CT molecular complexity index is 1050. The van der Waals surface area contributed by atoms with Gasteiger partial charge in [-0.05, 0) is 62.4 Å². The predicted molar refractivity (Wildman–Crippen MR) is 122 cm³/mol. The van der Waals surface area contributed by atoms with Crippen LogP contribution in [0, 0.1) is 20.8 Å². The minimum absolute atomic E-state index is 0.0542. The van der Waals surface area contributed by atoms with Crippen LogP contribution >= 0.6 is 11.3 Å². The molecule has 0 bridgehead atoms. The van der Waals surface area contributed by atoms with Gasteiger partial charge < -0.3 is 9.47 Å². The number of carbonyl (C=O) groups excluding carboxylic acids is 1. The first kappa shape index (κ1) is 20.8. The molecule has 1 fully saturated rings. The second-order valence-electron chi connectivity index (χ2n) is 8.00. The fourth-order valence-electron chi connectivity index (χ4n) is 4.21. The Hall–Kier alpha value is -2.44. The van der Waals surface area contributed by atoms with E-state index in [1.165, 1.54) is 16.9 Å². The highest BCUT2D eigenvalue weighted by atomic mass is 32.1. The van der Waals surface area contributed by atoms with Crippen molar-refractivity contribution in [3.8, 4) is 5.75 Å². The number of amides is 1. The van der Waals surface area contributed by atoms with E-state index in [1.807, 2.05) is 23.1 Å². The highest BCUT2D eigenvalue weighted by molar-refractivity contribution is 7.22. The lowest BCUT2D eigenvalue weighted by Crippen LogP contribution is -2.38. The van der Waals surface area contributed by atoms with Crippen LogP contribution in [0.3, 0.4) is 0 Å². The van der Waals surface area contributed by atoms with E-state index in [2.05, 4.69) is 32.9 Å². The number of aryl methyl sites for hydroxylation is 3. The monoisotopic (exact) mass is 424 g/mol. The molecule has 0 saturated carbocycles. The van der Waals surface area contributed by atoms with Gasteiger partial charge in [-0.2, -0.15) is 0 Å². The van der Waals surface area contributed by atoms with Gasteiger partial charge in [0.2, 0.25) is 5.91 Å². The number of para-hydroxylation sites is 1. The summed E-state index contributed by atoms with van der Waals surface area (Å²) in [4.78, 5) is 20.1. The standard InChI is InChI=1S/C24H28N2O3S/c1-15-11-16(2)19(17(3)12-15)13-22(27)26(14-18-7-6-10-29-18)24-25-23-20(28-4)8-5-9-21(23)30-24/h5,8-9,11-12,18H,6-7,10,13-14H2,1-4H3. The Morgan fingerprint density at radius 3 is 2.70 bits per heavy atom. The van der Waals surface area contributed by atoms with E-state index in [1.54, 1.807) is 7.11 Å². The largest absolute Gasteiger partial charge is 0.494 e. The first-order chi connectivity index (χ1) is 14.5. The molecule has 1 aromatic heterocycles. The van der Waals surface area contributed by atoms with E-state index >= 15 is 0 Å². The number of rotatable bonds is 6. The van der Waals surface area contributed by atoms with Crippen molar-refractivity contribution in [1.29, 1.82) is 0 Å². The summed E-state index contributed by atoms with van der Waals surface area (Å²) in [6.45, 7) is 7.54. The first-order valence-corrected chi connectivity index (χ1v) is 11.2. The molecule has 1 amide bonds. The van der Waals surface area contributed by atoms with Crippen molar-refractivity contribution in [3.63, 3.8) is 0 Å². The van der Waals surface area contributed by atoms with Crippen molar-refractivity contribution in [2.75, 3.05) is 25.2 Å². The molecular formula is C24H28N2O3S. The molecule has 2 aromatic carbocycles. The van der Waals surface area contributed by atoms with E-state index < -0.39 is 0 Å². The molecule has 1 unspecified atom stereocenters. The fourth-order valence-corrected chi connectivity index (χ4v) is 5.22. The van der Waals surface area contributed by atoms with Gasteiger partial charge in [0.05, 0.1) is 30.9 Å². The summed E-state index contributed by atoms with van der Waals surface area (Å²) in [6, 6.07) is 10.2. The zero-order valence-corrected chi connectivity index (χ0v) is 18.8. The first-order valence-electron chi connectivity index (χ1n) is 10.4. The zero-order valence-electron chi connectivity index (χ0n) is 18.0. The minimum Gasteiger partial charge on any atom is -0.494 e. The van der Waals surface area contributed by atoms with Crippen LogP contribution in [0.25, 0.3) is 10.2 Å². The molecule has 158 valence electrons. The van der Waals surface area contributed by atoms with Crippen LogP contribution in [-0.4, -0.2) is 37.3 Å². The fraction of sp³-hybridized carbons (Fsp3) is 0.417. The van der Waals surface area contributed by atoms with Crippen molar-refractivity contribution >= 4 is 32.6 Å². The highest BCUT2D eigenvalue weighted by Crippen LogP contribution is 2.35. The molecule has 1 atom stereocenters. The second-order valence-corrected chi connectivity index (χ2v) is 9.01. The molecule has 2 heterocycles. The second kappa shape index (κ2) is 8.74. The summed E-state index contributed by atoms with van der Waals surface area (Å²) >= 11 is 1.53. The summed E-state index contributed by atoms with van der Waals surface area (Å²) in [6.07, 6.45) is 2.43. The van der Waals surface area contributed by atoms with Crippen LogP contribution in [0.15, 0.2) is 30.3 Å². The zero-order chi connectivity index (χ0) is 21.3. The molecule has 0 spiro atoms. The Labute approximate surface area is 181 Å². The van der Waals surface area contributed by atoms with Gasteiger partial charge in [-0.1, -0.05) is 35.1 Å². The predicted octanol–water partition coefficient (Wildman–Crippen LogP) is 4.98. The maximum atomic E-state index is 13.5. The Morgan fingerprint density at radius 2 is 2.03 bits per heavy atom. The third-order valence-electron chi connectivity index (χ3n) is 5.70. The topological polar surface area (TPSA) is 51.7 Å². The molecule has 1 saturated heterocycles. The molecule has 6 heteroatoms. The van der Waals surface area contributed by atoms with E-state index in [0.29, 0.717) is 18.1 Å². The van der Waals surface area contributed by atoms with E-state index in [0.717, 1.165) is 52.1 Å². The number of carbonyl (C=O) groups is 1. The lowest BCUT2D eigenvalue weighted by Gasteiger charge is -2.24. The van der Waals surface area contributed by atoms with Crippen LogP contribution in [0.2, 0.25) is 0 Å². The van der Waals surface area contributed by atoms with Gasteiger partial charge in [0.15, 0.2) is 5.13 Å². The number of ether oxygens (including phenoxy) is 2. The molecule has 0 N–H and O–H groups in total. The molecule has 0 radical (unpaired) electrons. The van der Waals surface area contributed by atoms with Gasteiger partial charge in [-0.25, -0.2) is 4.98 Å². The number of anilines is 1. The van der Waals surface area contributed by atoms with Gasteiger partial charge in [-0.15, -0.1) is 0 Å². The summed E-state index contributed by atoms with van der Waals surface area (Å²) in [5, 5.41) is 0.706. The lowest BCUT2D eigenvalue weighted by atomic mass is 9.97. The molecule has 3 aromatic rings. The van der Waals surface area contributed by atoms with E-state index in [9.17, 15) is 4.79 Å². The molecular weight excluding hydrogens is 396 g/mol. The number of nitrogens with zero attached hydrogens (tertiary/aromatic N) is 2. The molecule has 4 rings (SSSR count). The van der Waals surface area contributed by atoms with E-state index in [4.69, 9.17) is 14.5 Å². The van der Waals surface area contributed by atoms with Crippen molar-refractivity contribution in [2.24, 2.45) is 0 Å². The van der Waals surface area contributed by atoms with Gasteiger partial charge in [0, 0.05) is 6.61 Å². The molecule has 1 aliphatic heterocycles. The summed E-state index contributed by atoms with van der Waals surface area (Å²) < 4.78 is 12.3. The van der Waals surface area contributed by atoms with Gasteiger partial charge in [-0.3, -0.25) is 9.69 Å². The van der Waals surface area contributed by atoms with Gasteiger partial charge >= 0.3 is 0 Å². The van der Waals surface area contributed by atoms with Crippen molar-refractivity contribution < 1.29 is 14.3 Å². The maximum absolute atomic E-state index is 13.5.